The number of hydrogen-bond donors (Lipinski definition) is 0. The van der Waals surface area contributed by atoms with E-state index < -0.39 is 0 Å². The smallest absolute Gasteiger partial charge is 0.177 e. The normalized spacial score (nSPS) is 14.6. The van der Waals surface area contributed by atoms with E-state index in [2.05, 4.69) is 38.1 Å². The predicted molar refractivity (Wildman–Crippen MR) is 89.5 cm³/mol. The Morgan fingerprint density at radius 3 is 2.76 bits per heavy atom. The van der Waals surface area contributed by atoms with Crippen LogP contribution in [0.2, 0.25) is 0 Å². The summed E-state index contributed by atoms with van der Waals surface area (Å²) in [5.41, 5.74) is 5.04. The van der Waals surface area contributed by atoms with Crippen molar-refractivity contribution in [2.45, 2.75) is 52.4 Å². The summed E-state index contributed by atoms with van der Waals surface area (Å²) in [5.74, 6) is 0.279. The van der Waals surface area contributed by atoms with Gasteiger partial charge in [-0.1, -0.05) is 30.2 Å². The molecule has 2 aromatic rings. The summed E-state index contributed by atoms with van der Waals surface area (Å²) in [6.07, 6.45) is 6.73. The van der Waals surface area contributed by atoms with Gasteiger partial charge in [-0.05, 0) is 62.3 Å². The Bertz CT molecular complexity index is 643. The molecule has 0 fully saturated rings. The second-order valence-electron chi connectivity index (χ2n) is 6.15. The molecule has 2 heteroatoms. The fraction of sp³-hybridized carbons (Fsp3) is 0.421. The van der Waals surface area contributed by atoms with Gasteiger partial charge in [-0.3, -0.25) is 4.79 Å². The Balaban J connectivity index is 1.81. The lowest BCUT2D eigenvalue weighted by atomic mass is 10.00. The van der Waals surface area contributed by atoms with Gasteiger partial charge in [-0.25, -0.2) is 0 Å². The monoisotopic (exact) mass is 298 g/mol. The van der Waals surface area contributed by atoms with Crippen molar-refractivity contribution in [1.29, 1.82) is 0 Å². The first-order valence-corrected chi connectivity index (χ1v) is 8.66. The average molecular weight is 298 g/mol. The lowest BCUT2D eigenvalue weighted by Crippen LogP contribution is -2.03. The molecule has 0 N–H and O–H groups in total. The van der Waals surface area contributed by atoms with E-state index in [-0.39, 0.29) is 5.78 Å². The summed E-state index contributed by atoms with van der Waals surface area (Å²) in [7, 11) is 0. The third kappa shape index (κ3) is 3.26. The predicted octanol–water partition coefficient (Wildman–Crippen LogP) is 5.06. The molecule has 0 saturated carbocycles. The molecule has 0 amide bonds. The molecule has 3 rings (SSSR count). The number of Topliss-reactive ketones (excluding diaryl/α,β-unsaturated/α-hetero) is 1. The number of thiophene rings is 1. The number of aryl methyl sites for hydroxylation is 4. The zero-order valence-electron chi connectivity index (χ0n) is 12.9. The summed E-state index contributed by atoms with van der Waals surface area (Å²) in [4.78, 5) is 15.0. The van der Waals surface area contributed by atoms with Gasteiger partial charge < -0.3 is 0 Å². The number of rotatable bonds is 3. The Hall–Kier alpha value is -1.41. The van der Waals surface area contributed by atoms with Gasteiger partial charge in [0.1, 0.15) is 0 Å². The highest BCUT2D eigenvalue weighted by Crippen LogP contribution is 2.30. The van der Waals surface area contributed by atoms with E-state index in [4.69, 9.17) is 0 Å². The van der Waals surface area contributed by atoms with Crippen molar-refractivity contribution >= 4 is 17.1 Å². The van der Waals surface area contributed by atoms with Crippen LogP contribution in [0, 0.1) is 13.8 Å². The van der Waals surface area contributed by atoms with E-state index in [1.165, 1.54) is 46.4 Å². The van der Waals surface area contributed by atoms with E-state index >= 15 is 0 Å². The third-order valence-corrected chi connectivity index (χ3v) is 5.66. The van der Waals surface area contributed by atoms with E-state index in [1.54, 1.807) is 11.3 Å². The highest BCUT2D eigenvalue weighted by atomic mass is 32.1. The van der Waals surface area contributed by atoms with Crippen molar-refractivity contribution in [3.8, 4) is 0 Å². The molecule has 1 heterocycles. The molecule has 0 unspecified atom stereocenters. The molecule has 1 aromatic heterocycles. The highest BCUT2D eigenvalue weighted by Gasteiger charge is 2.17. The van der Waals surface area contributed by atoms with Crippen LogP contribution in [0.25, 0.3) is 0 Å². The van der Waals surface area contributed by atoms with Crippen molar-refractivity contribution in [3.63, 3.8) is 0 Å². The lowest BCUT2D eigenvalue weighted by molar-refractivity contribution is 0.0996. The van der Waals surface area contributed by atoms with E-state index in [9.17, 15) is 4.79 Å². The Morgan fingerprint density at radius 1 is 1.10 bits per heavy atom. The quantitative estimate of drug-likeness (QED) is 0.572. The van der Waals surface area contributed by atoms with E-state index in [1.807, 2.05) is 0 Å². The van der Waals surface area contributed by atoms with Crippen LogP contribution in [0.15, 0.2) is 24.3 Å². The van der Waals surface area contributed by atoms with Crippen molar-refractivity contribution in [3.05, 3.63) is 56.3 Å². The molecular weight excluding hydrogens is 276 g/mol. The first kappa shape index (κ1) is 14.5. The van der Waals surface area contributed by atoms with Crippen LogP contribution in [-0.4, -0.2) is 5.78 Å². The standard InChI is InChI=1S/C19H22OS/c1-13-8-9-14(2)16(10-13)11-17(20)19-12-15-6-4-3-5-7-18(15)21-19/h8-10,12H,3-7,11H2,1-2H3. The van der Waals surface area contributed by atoms with Crippen LogP contribution in [0.5, 0.6) is 0 Å². The SMILES string of the molecule is Cc1ccc(C)c(CC(=O)c2cc3c(s2)CCCCC3)c1. The van der Waals surface area contributed by atoms with Crippen LogP contribution in [0.4, 0.5) is 0 Å². The Labute approximate surface area is 131 Å². The summed E-state index contributed by atoms with van der Waals surface area (Å²) < 4.78 is 0. The van der Waals surface area contributed by atoms with Crippen molar-refractivity contribution in [1.82, 2.24) is 0 Å². The molecule has 0 atom stereocenters. The van der Waals surface area contributed by atoms with Gasteiger partial charge in [0.05, 0.1) is 4.88 Å². The topological polar surface area (TPSA) is 17.1 Å². The second-order valence-corrected chi connectivity index (χ2v) is 7.29. The number of ketones is 1. The van der Waals surface area contributed by atoms with Crippen LogP contribution >= 0.6 is 11.3 Å². The van der Waals surface area contributed by atoms with Gasteiger partial charge in [0, 0.05) is 11.3 Å². The summed E-state index contributed by atoms with van der Waals surface area (Å²) in [6.45, 7) is 4.17. The molecule has 0 radical (unpaired) electrons. The number of benzene rings is 1. The van der Waals surface area contributed by atoms with Crippen molar-refractivity contribution in [2.24, 2.45) is 0 Å². The fourth-order valence-electron chi connectivity index (χ4n) is 3.06. The van der Waals surface area contributed by atoms with Gasteiger partial charge in [0.15, 0.2) is 5.78 Å². The van der Waals surface area contributed by atoms with Crippen molar-refractivity contribution < 1.29 is 4.79 Å². The Kier molecular flexibility index (Phi) is 4.25. The number of fused-ring (bicyclic) bond motifs is 1. The molecule has 1 aromatic carbocycles. The molecule has 1 nitrogen and oxygen atoms in total. The van der Waals surface area contributed by atoms with Crippen LogP contribution < -0.4 is 0 Å². The molecule has 1 aliphatic rings. The first-order valence-electron chi connectivity index (χ1n) is 7.84. The largest absolute Gasteiger partial charge is 0.293 e. The molecule has 0 aliphatic heterocycles. The maximum absolute atomic E-state index is 12.6. The lowest BCUT2D eigenvalue weighted by Gasteiger charge is -2.05. The summed E-state index contributed by atoms with van der Waals surface area (Å²) >= 11 is 1.74. The number of carbonyl (C=O) groups excluding carboxylic acids is 1. The maximum atomic E-state index is 12.6. The van der Waals surface area contributed by atoms with E-state index in [0.717, 1.165) is 17.7 Å². The van der Waals surface area contributed by atoms with Gasteiger partial charge in [0.25, 0.3) is 0 Å². The molecule has 0 saturated heterocycles. The summed E-state index contributed by atoms with van der Waals surface area (Å²) in [5, 5.41) is 0. The minimum absolute atomic E-state index is 0.279. The van der Waals surface area contributed by atoms with Gasteiger partial charge in [0.2, 0.25) is 0 Å². The van der Waals surface area contributed by atoms with E-state index in [0.29, 0.717) is 6.42 Å². The minimum Gasteiger partial charge on any atom is -0.293 e. The molecular formula is C19H22OS. The minimum atomic E-state index is 0.279. The average Bonchev–Trinajstić information content (AvgIpc) is 2.74. The van der Waals surface area contributed by atoms with Gasteiger partial charge in [-0.2, -0.15) is 0 Å². The first-order chi connectivity index (χ1) is 10.1. The van der Waals surface area contributed by atoms with Gasteiger partial charge >= 0.3 is 0 Å². The molecule has 0 spiro atoms. The maximum Gasteiger partial charge on any atom is 0.177 e. The number of carbonyl (C=O) groups is 1. The zero-order chi connectivity index (χ0) is 14.8. The highest BCUT2D eigenvalue weighted by molar-refractivity contribution is 7.14. The van der Waals surface area contributed by atoms with Crippen molar-refractivity contribution in [2.75, 3.05) is 0 Å². The molecule has 0 bridgehead atoms. The zero-order valence-corrected chi connectivity index (χ0v) is 13.7. The number of hydrogen-bond acceptors (Lipinski definition) is 2. The fourth-order valence-corrected chi connectivity index (χ4v) is 4.25. The second kappa shape index (κ2) is 6.15. The third-order valence-electron chi connectivity index (χ3n) is 4.38. The van der Waals surface area contributed by atoms with Gasteiger partial charge in [-0.15, -0.1) is 11.3 Å². The summed E-state index contributed by atoms with van der Waals surface area (Å²) in [6, 6.07) is 8.53. The molecule has 1 aliphatic carbocycles. The van der Waals surface area contributed by atoms with Crippen LogP contribution in [0.1, 0.15) is 56.1 Å². The molecule has 21 heavy (non-hydrogen) atoms. The molecule has 110 valence electrons. The van der Waals surface area contributed by atoms with Crippen LogP contribution in [0.3, 0.4) is 0 Å². The van der Waals surface area contributed by atoms with Crippen LogP contribution in [-0.2, 0) is 19.3 Å². The Morgan fingerprint density at radius 2 is 1.90 bits per heavy atom.